The topological polar surface area (TPSA) is 77.2 Å². The van der Waals surface area contributed by atoms with Gasteiger partial charge in [-0.1, -0.05) is 18.2 Å². The van der Waals surface area contributed by atoms with Crippen LogP contribution in [0.15, 0.2) is 60.8 Å². The summed E-state index contributed by atoms with van der Waals surface area (Å²) in [6.07, 6.45) is 1.79. The number of hydrogen-bond acceptors (Lipinski definition) is 4. The highest BCUT2D eigenvalue weighted by molar-refractivity contribution is 5.96. The minimum Gasteiger partial charge on any atom is -0.495 e. The van der Waals surface area contributed by atoms with Gasteiger partial charge in [0.15, 0.2) is 0 Å². The fraction of sp³-hybridized carbons (Fsp3) is 0.182. The summed E-state index contributed by atoms with van der Waals surface area (Å²) in [6.45, 7) is 3.82. The van der Waals surface area contributed by atoms with Gasteiger partial charge in [0.05, 0.1) is 18.7 Å². The number of amides is 1. The number of aryl methyl sites for hydroxylation is 1. The Balaban J connectivity index is 1.72. The molecule has 3 rings (SSSR count). The van der Waals surface area contributed by atoms with Crippen molar-refractivity contribution >= 4 is 17.3 Å². The van der Waals surface area contributed by atoms with Gasteiger partial charge < -0.3 is 15.8 Å². The van der Waals surface area contributed by atoms with E-state index in [2.05, 4.69) is 10.3 Å². The zero-order valence-electron chi connectivity index (χ0n) is 15.7. The van der Waals surface area contributed by atoms with Crippen LogP contribution < -0.4 is 15.8 Å². The molecule has 0 saturated heterocycles. The highest BCUT2D eigenvalue weighted by Crippen LogP contribution is 2.28. The van der Waals surface area contributed by atoms with E-state index in [0.717, 1.165) is 28.1 Å². The van der Waals surface area contributed by atoms with E-state index in [9.17, 15) is 4.79 Å². The Morgan fingerprint density at radius 1 is 1.07 bits per heavy atom. The number of nitrogen functional groups attached to an aromatic ring is 1. The second-order valence-electron chi connectivity index (χ2n) is 6.48. The molecule has 1 heterocycles. The van der Waals surface area contributed by atoms with Gasteiger partial charge in [0.1, 0.15) is 5.75 Å². The van der Waals surface area contributed by atoms with E-state index in [1.807, 2.05) is 56.3 Å². The predicted molar refractivity (Wildman–Crippen MR) is 109 cm³/mol. The lowest BCUT2D eigenvalue weighted by molar-refractivity contribution is -0.117. The molecule has 0 spiro atoms. The first-order valence-electron chi connectivity index (χ1n) is 8.75. The Morgan fingerprint density at radius 3 is 2.48 bits per heavy atom. The van der Waals surface area contributed by atoms with Gasteiger partial charge in [-0.2, -0.15) is 0 Å². The fourth-order valence-electron chi connectivity index (χ4n) is 2.87. The van der Waals surface area contributed by atoms with E-state index in [0.29, 0.717) is 11.4 Å². The van der Waals surface area contributed by atoms with Crippen LogP contribution in [0, 0.1) is 6.92 Å². The molecule has 0 aliphatic heterocycles. The maximum Gasteiger partial charge on any atom is 0.231 e. The van der Waals surface area contributed by atoms with E-state index >= 15 is 0 Å². The number of aromatic nitrogens is 1. The second kappa shape index (κ2) is 7.91. The van der Waals surface area contributed by atoms with Crippen molar-refractivity contribution in [3.05, 3.63) is 72.1 Å². The number of nitrogens with zero attached hydrogens (tertiary/aromatic N) is 1. The number of hydrogen-bond donors (Lipinski definition) is 2. The van der Waals surface area contributed by atoms with Crippen LogP contribution in [0.5, 0.6) is 5.75 Å². The molecule has 0 aliphatic carbocycles. The molecule has 5 nitrogen and oxygen atoms in total. The maximum absolute atomic E-state index is 12.6. The number of anilines is 2. The molecule has 0 saturated carbocycles. The number of benzene rings is 2. The lowest BCUT2D eigenvalue weighted by Gasteiger charge is -2.15. The van der Waals surface area contributed by atoms with Gasteiger partial charge in [-0.25, -0.2) is 0 Å². The number of methoxy groups -OCH3 is 1. The molecule has 3 aromatic rings. The summed E-state index contributed by atoms with van der Waals surface area (Å²) < 4.78 is 5.24. The minimum absolute atomic E-state index is 0.0886. The monoisotopic (exact) mass is 361 g/mol. The van der Waals surface area contributed by atoms with Gasteiger partial charge in [0.2, 0.25) is 5.91 Å². The van der Waals surface area contributed by atoms with Gasteiger partial charge in [-0.05, 0) is 66.9 Å². The summed E-state index contributed by atoms with van der Waals surface area (Å²) in [4.78, 5) is 16.8. The normalized spacial score (nSPS) is 11.7. The van der Waals surface area contributed by atoms with Crippen LogP contribution in [0.4, 0.5) is 11.4 Å². The number of carbonyl (C=O) groups is 1. The van der Waals surface area contributed by atoms with Crippen LogP contribution in [0.3, 0.4) is 0 Å². The number of carbonyl (C=O) groups excluding carboxylic acids is 1. The molecule has 3 N–H and O–H groups in total. The van der Waals surface area contributed by atoms with Crippen molar-refractivity contribution in [3.63, 3.8) is 0 Å². The van der Waals surface area contributed by atoms with Gasteiger partial charge in [0, 0.05) is 17.6 Å². The molecule has 138 valence electrons. The Morgan fingerprint density at radius 2 is 1.81 bits per heavy atom. The molecular formula is C22H23N3O2. The quantitative estimate of drug-likeness (QED) is 0.661. The average Bonchev–Trinajstić information content (AvgIpc) is 2.68. The summed E-state index contributed by atoms with van der Waals surface area (Å²) in [6, 6.07) is 17.2. The fourth-order valence-corrected chi connectivity index (χ4v) is 2.87. The summed E-state index contributed by atoms with van der Waals surface area (Å²) in [5.74, 6) is 0.153. The molecular weight excluding hydrogens is 338 g/mol. The summed E-state index contributed by atoms with van der Waals surface area (Å²) in [7, 11) is 1.56. The van der Waals surface area contributed by atoms with Gasteiger partial charge in [-0.15, -0.1) is 0 Å². The molecule has 0 fully saturated rings. The summed E-state index contributed by atoms with van der Waals surface area (Å²) >= 11 is 0. The molecule has 1 atom stereocenters. The van der Waals surface area contributed by atoms with E-state index < -0.39 is 0 Å². The molecule has 1 aromatic heterocycles. The van der Waals surface area contributed by atoms with E-state index in [4.69, 9.17) is 10.5 Å². The summed E-state index contributed by atoms with van der Waals surface area (Å²) in [5, 5.41) is 2.96. The smallest absolute Gasteiger partial charge is 0.231 e. The lowest BCUT2D eigenvalue weighted by atomic mass is 9.99. The largest absolute Gasteiger partial charge is 0.495 e. The molecule has 2 aromatic carbocycles. The zero-order valence-corrected chi connectivity index (χ0v) is 15.7. The highest BCUT2D eigenvalue weighted by Gasteiger charge is 2.17. The third kappa shape index (κ3) is 4.26. The number of ether oxygens (including phenoxy) is 1. The second-order valence-corrected chi connectivity index (χ2v) is 6.48. The van der Waals surface area contributed by atoms with Crippen molar-refractivity contribution in [1.29, 1.82) is 0 Å². The van der Waals surface area contributed by atoms with Crippen LogP contribution in [0.1, 0.15) is 24.1 Å². The molecule has 0 aliphatic rings. The van der Waals surface area contributed by atoms with Crippen LogP contribution in [-0.2, 0) is 4.79 Å². The Labute approximate surface area is 159 Å². The third-order valence-corrected chi connectivity index (χ3v) is 4.53. The third-order valence-electron chi connectivity index (χ3n) is 4.53. The van der Waals surface area contributed by atoms with Crippen molar-refractivity contribution in [2.45, 2.75) is 19.8 Å². The van der Waals surface area contributed by atoms with Crippen LogP contribution in [-0.4, -0.2) is 18.0 Å². The number of nitrogens with two attached hydrogens (primary N) is 1. The van der Waals surface area contributed by atoms with E-state index in [-0.39, 0.29) is 11.8 Å². The summed E-state index contributed by atoms with van der Waals surface area (Å²) in [5.41, 5.74) is 11.1. The van der Waals surface area contributed by atoms with Crippen LogP contribution in [0.2, 0.25) is 0 Å². The van der Waals surface area contributed by atoms with Gasteiger partial charge >= 0.3 is 0 Å². The zero-order chi connectivity index (χ0) is 19.4. The molecule has 0 bridgehead atoms. The van der Waals surface area contributed by atoms with E-state index in [1.54, 1.807) is 25.4 Å². The van der Waals surface area contributed by atoms with Crippen molar-refractivity contribution in [2.75, 3.05) is 18.2 Å². The number of pyridine rings is 1. The van der Waals surface area contributed by atoms with Crippen molar-refractivity contribution in [2.24, 2.45) is 0 Å². The highest BCUT2D eigenvalue weighted by atomic mass is 16.5. The Kier molecular flexibility index (Phi) is 5.41. The average molecular weight is 361 g/mol. The number of nitrogens with one attached hydrogen (secondary N) is 1. The molecule has 1 amide bonds. The maximum atomic E-state index is 12.6. The predicted octanol–water partition coefficient (Wildman–Crippen LogP) is 4.39. The molecule has 5 heteroatoms. The first kappa shape index (κ1) is 18.5. The molecule has 0 radical (unpaired) electrons. The molecule has 1 unspecified atom stereocenters. The Hall–Kier alpha value is -3.34. The van der Waals surface area contributed by atoms with Crippen LogP contribution in [0.25, 0.3) is 11.1 Å². The van der Waals surface area contributed by atoms with Crippen molar-refractivity contribution in [3.8, 4) is 16.9 Å². The number of rotatable bonds is 5. The van der Waals surface area contributed by atoms with E-state index in [1.165, 1.54) is 0 Å². The van der Waals surface area contributed by atoms with Gasteiger partial charge in [-0.3, -0.25) is 9.78 Å². The minimum atomic E-state index is -0.331. The standard InChI is InChI=1S/C22H23N3O2/c1-14-12-18(10-11-24-14)16-4-7-19(8-5-16)25-22(26)15(2)17-6-9-20(23)21(13-17)27-3/h4-13,15H,23H2,1-3H3,(H,25,26). The van der Waals surface area contributed by atoms with Crippen molar-refractivity contribution in [1.82, 2.24) is 4.98 Å². The SMILES string of the molecule is COc1cc(C(C)C(=O)Nc2ccc(-c3ccnc(C)c3)cc2)ccc1N. The lowest BCUT2D eigenvalue weighted by Crippen LogP contribution is -2.19. The Bertz CT molecular complexity index is 952. The first-order chi connectivity index (χ1) is 13.0. The van der Waals surface area contributed by atoms with Crippen molar-refractivity contribution < 1.29 is 9.53 Å². The first-order valence-corrected chi connectivity index (χ1v) is 8.75. The molecule has 27 heavy (non-hydrogen) atoms. The van der Waals surface area contributed by atoms with Gasteiger partial charge in [0.25, 0.3) is 0 Å². The van der Waals surface area contributed by atoms with Crippen LogP contribution >= 0.6 is 0 Å².